The zero-order valence-corrected chi connectivity index (χ0v) is 32.3. The minimum atomic E-state index is -0.136. The minimum Gasteiger partial charge on any atom is -0.355 e. The fourth-order valence-electron chi connectivity index (χ4n) is 8.76. The largest absolute Gasteiger partial charge is 0.355 e. The molecule has 268 valence electrons. The first-order valence-corrected chi connectivity index (χ1v) is 20.9. The van der Waals surface area contributed by atoms with Gasteiger partial charge in [-0.2, -0.15) is 0 Å². The van der Waals surface area contributed by atoms with Crippen molar-refractivity contribution in [2.24, 2.45) is 0 Å². The van der Waals surface area contributed by atoms with Gasteiger partial charge in [0, 0.05) is 73.5 Å². The average molecular weight is 764 g/mol. The van der Waals surface area contributed by atoms with Gasteiger partial charge in [-0.25, -0.2) is 0 Å². The van der Waals surface area contributed by atoms with E-state index in [1.165, 1.54) is 84.5 Å². The number of nitrogens with one attached hydrogen (secondary N) is 2. The molecule has 4 heterocycles. The fraction of sp³-hybridized carbons (Fsp3) is 0.0192. The molecule has 0 radical (unpaired) electrons. The highest BCUT2D eigenvalue weighted by Crippen LogP contribution is 2.43. The van der Waals surface area contributed by atoms with Crippen LogP contribution in [0.25, 0.3) is 90.4 Å². The lowest BCUT2D eigenvalue weighted by Crippen LogP contribution is -2.35. The zero-order valence-electron chi connectivity index (χ0n) is 30.7. The van der Waals surface area contributed by atoms with Crippen molar-refractivity contribution in [1.29, 1.82) is 0 Å². The van der Waals surface area contributed by atoms with E-state index in [4.69, 9.17) is 0 Å². The summed E-state index contributed by atoms with van der Waals surface area (Å²) in [7, 11) is 0. The van der Waals surface area contributed by atoms with E-state index in [0.717, 1.165) is 22.5 Å². The van der Waals surface area contributed by atoms with Crippen molar-refractivity contribution in [2.45, 2.75) is 6.17 Å². The third-order valence-electron chi connectivity index (χ3n) is 11.4. The zero-order chi connectivity index (χ0) is 37.5. The van der Waals surface area contributed by atoms with Crippen LogP contribution in [0, 0.1) is 0 Å². The van der Waals surface area contributed by atoms with Gasteiger partial charge in [-0.15, -0.1) is 22.7 Å². The molecule has 0 aliphatic carbocycles. The van der Waals surface area contributed by atoms with E-state index < -0.39 is 0 Å². The summed E-state index contributed by atoms with van der Waals surface area (Å²) in [5.41, 5.74) is 15.2. The first kappa shape index (κ1) is 32.4. The molecule has 57 heavy (non-hydrogen) atoms. The summed E-state index contributed by atoms with van der Waals surface area (Å²) in [5.74, 6) is 0. The van der Waals surface area contributed by atoms with Crippen LogP contribution >= 0.6 is 22.7 Å². The monoisotopic (exact) mass is 763 g/mol. The molecule has 0 unspecified atom stereocenters. The number of fused-ring (bicyclic) bond motifs is 9. The molecular weight excluding hydrogens is 731 g/mol. The van der Waals surface area contributed by atoms with E-state index in [9.17, 15) is 0 Å². The summed E-state index contributed by atoms with van der Waals surface area (Å²) < 4.78 is 7.58. The Balaban J connectivity index is 0.924. The van der Waals surface area contributed by atoms with Crippen LogP contribution in [0.2, 0.25) is 0 Å². The van der Waals surface area contributed by atoms with Crippen molar-refractivity contribution >= 4 is 96.2 Å². The van der Waals surface area contributed by atoms with Gasteiger partial charge in [-0.05, 0) is 59.7 Å². The van der Waals surface area contributed by atoms with Crippen molar-refractivity contribution in [3.63, 3.8) is 0 Å². The Morgan fingerprint density at radius 2 is 1.00 bits per heavy atom. The van der Waals surface area contributed by atoms with Crippen LogP contribution in [0.1, 0.15) is 22.9 Å². The Morgan fingerprint density at radius 1 is 0.404 bits per heavy atom. The molecule has 3 aromatic heterocycles. The Kier molecular flexibility index (Phi) is 7.29. The molecule has 0 amide bonds. The highest BCUT2D eigenvalue weighted by Gasteiger charge is 2.23. The van der Waals surface area contributed by atoms with E-state index in [0.29, 0.717) is 0 Å². The Hall–Kier alpha value is -6.88. The molecule has 1 aliphatic rings. The van der Waals surface area contributed by atoms with Gasteiger partial charge in [0.1, 0.15) is 6.17 Å². The van der Waals surface area contributed by atoms with E-state index in [1.807, 2.05) is 22.7 Å². The normalized spacial score (nSPS) is 13.4. The molecule has 3 nitrogen and oxygen atoms in total. The molecule has 12 rings (SSSR count). The van der Waals surface area contributed by atoms with E-state index in [1.54, 1.807) is 0 Å². The number of aromatic nitrogens is 1. The predicted octanol–water partition coefficient (Wildman–Crippen LogP) is 14.1. The second-order valence-corrected chi connectivity index (χ2v) is 16.9. The first-order valence-electron chi connectivity index (χ1n) is 19.3. The van der Waals surface area contributed by atoms with Crippen LogP contribution in [0.4, 0.5) is 0 Å². The Bertz CT molecular complexity index is 3350. The maximum absolute atomic E-state index is 3.80. The summed E-state index contributed by atoms with van der Waals surface area (Å²) in [6, 6.07) is 66.1. The van der Waals surface area contributed by atoms with Gasteiger partial charge in [0.15, 0.2) is 0 Å². The number of rotatable bonds is 5. The highest BCUT2D eigenvalue weighted by atomic mass is 32.1. The molecule has 0 spiro atoms. The minimum absolute atomic E-state index is 0.136. The van der Waals surface area contributed by atoms with Crippen LogP contribution in [-0.2, 0) is 0 Å². The number of benzene rings is 8. The maximum atomic E-state index is 3.80. The number of hydrogen-bond donors (Lipinski definition) is 2. The van der Waals surface area contributed by atoms with Gasteiger partial charge >= 0.3 is 0 Å². The van der Waals surface area contributed by atoms with Gasteiger partial charge in [0.05, 0.1) is 22.4 Å². The van der Waals surface area contributed by atoms with Crippen LogP contribution in [0.5, 0.6) is 0 Å². The smallest absolute Gasteiger partial charge is 0.125 e. The molecule has 8 aromatic carbocycles. The Morgan fingerprint density at radius 3 is 1.72 bits per heavy atom. The second-order valence-electron chi connectivity index (χ2n) is 14.7. The summed E-state index contributed by atoms with van der Waals surface area (Å²) >= 11 is 3.74. The summed E-state index contributed by atoms with van der Waals surface area (Å²) in [4.78, 5) is 0. The quantitative estimate of drug-likeness (QED) is 0.171. The van der Waals surface area contributed by atoms with Crippen molar-refractivity contribution in [3.8, 4) is 16.8 Å². The van der Waals surface area contributed by atoms with E-state index in [-0.39, 0.29) is 6.17 Å². The third kappa shape index (κ3) is 5.25. The molecule has 0 atom stereocenters. The van der Waals surface area contributed by atoms with Crippen molar-refractivity contribution in [3.05, 3.63) is 204 Å². The number of para-hydroxylation sites is 2. The van der Waals surface area contributed by atoms with E-state index >= 15 is 0 Å². The van der Waals surface area contributed by atoms with Gasteiger partial charge < -0.3 is 15.2 Å². The van der Waals surface area contributed by atoms with Crippen molar-refractivity contribution in [2.75, 3.05) is 0 Å². The summed E-state index contributed by atoms with van der Waals surface area (Å²) in [6.07, 6.45) is -0.136. The molecule has 0 saturated carbocycles. The van der Waals surface area contributed by atoms with Gasteiger partial charge in [-0.1, -0.05) is 139 Å². The fourth-order valence-corrected chi connectivity index (χ4v) is 11.1. The number of thiophene rings is 2. The van der Waals surface area contributed by atoms with E-state index in [2.05, 4.69) is 203 Å². The van der Waals surface area contributed by atoms with Crippen LogP contribution in [-0.4, -0.2) is 4.57 Å². The highest BCUT2D eigenvalue weighted by molar-refractivity contribution is 7.26. The molecule has 0 saturated heterocycles. The number of nitrogens with zero attached hydrogens (tertiary/aromatic N) is 1. The number of hydrogen-bond acceptors (Lipinski definition) is 4. The molecular formula is C52H33N3S2. The first-order chi connectivity index (χ1) is 28.2. The van der Waals surface area contributed by atoms with Gasteiger partial charge in [0.2, 0.25) is 0 Å². The summed E-state index contributed by atoms with van der Waals surface area (Å²) in [5, 5.41) is 15.3. The molecule has 0 fully saturated rings. The second kappa shape index (κ2) is 12.8. The Labute approximate surface area is 337 Å². The maximum Gasteiger partial charge on any atom is 0.125 e. The SMILES string of the molecule is C1=C(c2ccccc2)NC(c2cccc3sc4cc(-c5ccc6sc7cc(-n8c9ccccc9c9ccccc98)ccc7c6c5)ccc4c23)NC=1c1ccccc1. The lowest BCUT2D eigenvalue weighted by atomic mass is 9.98. The molecule has 1 aliphatic heterocycles. The van der Waals surface area contributed by atoms with Crippen LogP contribution in [0.15, 0.2) is 188 Å². The lowest BCUT2D eigenvalue weighted by Gasteiger charge is -2.29. The topological polar surface area (TPSA) is 29.0 Å². The van der Waals surface area contributed by atoms with Gasteiger partial charge in [-0.3, -0.25) is 0 Å². The molecule has 2 N–H and O–H groups in total. The third-order valence-corrected chi connectivity index (χ3v) is 13.7. The molecule has 0 bridgehead atoms. The summed E-state index contributed by atoms with van der Waals surface area (Å²) in [6.45, 7) is 0. The van der Waals surface area contributed by atoms with Gasteiger partial charge in [0.25, 0.3) is 0 Å². The average Bonchev–Trinajstić information content (AvgIpc) is 3.95. The van der Waals surface area contributed by atoms with Crippen LogP contribution in [0.3, 0.4) is 0 Å². The molecule has 11 aromatic rings. The predicted molar refractivity (Wildman–Crippen MR) is 244 cm³/mol. The van der Waals surface area contributed by atoms with Crippen LogP contribution < -0.4 is 10.6 Å². The van der Waals surface area contributed by atoms with Crippen molar-refractivity contribution < 1.29 is 0 Å². The lowest BCUT2D eigenvalue weighted by molar-refractivity contribution is 0.582. The molecule has 5 heteroatoms. The van der Waals surface area contributed by atoms with Crippen molar-refractivity contribution in [1.82, 2.24) is 15.2 Å². The standard InChI is InChI=1S/C52H33N3S2/c1-3-12-32(13-4-1)43-31-44(33-14-5-2-6-15-33)54-52(53-43)41-18-11-21-48-51(41)40-25-22-35(29-49(40)57-48)34-23-27-47-42(28-34)39-26-24-36(30-50(39)56-47)55-45-19-9-7-16-37(45)38-17-8-10-20-46(38)55/h1-30,52-54H.